The highest BCUT2D eigenvalue weighted by Gasteiger charge is 2.24. The maximum atomic E-state index is 12.1. The summed E-state index contributed by atoms with van der Waals surface area (Å²) < 4.78 is 0. The summed E-state index contributed by atoms with van der Waals surface area (Å²) in [5, 5.41) is 3.14. The van der Waals surface area contributed by atoms with Gasteiger partial charge in [0.15, 0.2) is 0 Å². The van der Waals surface area contributed by atoms with Crippen LogP contribution in [0.25, 0.3) is 0 Å². The molecule has 0 bridgehead atoms. The first-order valence-corrected chi connectivity index (χ1v) is 8.73. The number of carbonyl (C=O) groups is 1. The van der Waals surface area contributed by atoms with Gasteiger partial charge >= 0.3 is 0 Å². The summed E-state index contributed by atoms with van der Waals surface area (Å²) in [6, 6.07) is 0. The number of amides is 1. The summed E-state index contributed by atoms with van der Waals surface area (Å²) in [5.74, 6) is 2.11. The maximum Gasteiger partial charge on any atom is 0.224 e. The molecule has 3 atom stereocenters. The van der Waals surface area contributed by atoms with Crippen LogP contribution < -0.4 is 5.32 Å². The molecule has 4 nitrogen and oxygen atoms in total. The Morgan fingerprint density at radius 1 is 1.19 bits per heavy atom. The van der Waals surface area contributed by atoms with Gasteiger partial charge in [-0.25, -0.2) is 0 Å². The SMILES string of the molecule is CC1CC(C)CN(CCCNC(=O)C2CCCN(C)C2)C1. The summed E-state index contributed by atoms with van der Waals surface area (Å²) in [4.78, 5) is 17.0. The Morgan fingerprint density at radius 2 is 1.90 bits per heavy atom. The van der Waals surface area contributed by atoms with Crippen LogP contribution in [0.2, 0.25) is 0 Å². The average Bonchev–Trinajstić information content (AvgIpc) is 2.42. The van der Waals surface area contributed by atoms with E-state index in [1.54, 1.807) is 0 Å². The number of hydrogen-bond donors (Lipinski definition) is 1. The van der Waals surface area contributed by atoms with Crippen molar-refractivity contribution >= 4 is 5.91 Å². The highest BCUT2D eigenvalue weighted by atomic mass is 16.1. The standard InChI is InChI=1S/C17H33N3O/c1-14-10-15(2)12-20(11-14)9-5-7-18-17(21)16-6-4-8-19(3)13-16/h14-16H,4-13H2,1-3H3,(H,18,21). The van der Waals surface area contributed by atoms with Crippen LogP contribution in [-0.4, -0.2) is 62.0 Å². The van der Waals surface area contributed by atoms with Crippen molar-refractivity contribution in [1.29, 1.82) is 0 Å². The third-order valence-corrected chi connectivity index (χ3v) is 4.89. The lowest BCUT2D eigenvalue weighted by atomic mass is 9.92. The Morgan fingerprint density at radius 3 is 2.57 bits per heavy atom. The molecule has 2 rings (SSSR count). The smallest absolute Gasteiger partial charge is 0.224 e. The van der Waals surface area contributed by atoms with E-state index in [2.05, 4.69) is 36.0 Å². The Kier molecular flexibility index (Phi) is 6.49. The van der Waals surface area contributed by atoms with Crippen LogP contribution in [-0.2, 0) is 4.79 Å². The number of piperidine rings is 2. The van der Waals surface area contributed by atoms with Crippen molar-refractivity contribution in [3.05, 3.63) is 0 Å². The summed E-state index contributed by atoms with van der Waals surface area (Å²) in [5.41, 5.74) is 0. The van der Waals surface area contributed by atoms with Crippen molar-refractivity contribution in [2.45, 2.75) is 39.5 Å². The largest absolute Gasteiger partial charge is 0.356 e. The van der Waals surface area contributed by atoms with Crippen molar-refractivity contribution in [2.24, 2.45) is 17.8 Å². The molecule has 0 spiro atoms. The van der Waals surface area contributed by atoms with E-state index in [0.717, 1.165) is 57.3 Å². The molecule has 2 aliphatic rings. The number of carbonyl (C=O) groups excluding carboxylic acids is 1. The lowest BCUT2D eigenvalue weighted by Crippen LogP contribution is -2.43. The predicted octanol–water partition coefficient (Wildman–Crippen LogP) is 1.81. The van der Waals surface area contributed by atoms with Crippen molar-refractivity contribution in [2.75, 3.05) is 46.3 Å². The molecular formula is C17H33N3O. The molecule has 0 aromatic carbocycles. The molecule has 1 amide bonds. The molecule has 2 heterocycles. The molecule has 2 fully saturated rings. The van der Waals surface area contributed by atoms with Crippen LogP contribution in [0.5, 0.6) is 0 Å². The first-order chi connectivity index (χ1) is 10.0. The second-order valence-corrected chi connectivity index (χ2v) is 7.45. The van der Waals surface area contributed by atoms with Gasteiger partial charge in [-0.1, -0.05) is 13.8 Å². The van der Waals surface area contributed by atoms with Crippen LogP contribution in [0.1, 0.15) is 39.5 Å². The zero-order chi connectivity index (χ0) is 15.2. The molecule has 2 aliphatic heterocycles. The van der Waals surface area contributed by atoms with E-state index in [1.165, 1.54) is 19.5 Å². The molecule has 4 heteroatoms. The molecule has 0 aromatic heterocycles. The molecule has 122 valence electrons. The molecule has 0 aliphatic carbocycles. The zero-order valence-corrected chi connectivity index (χ0v) is 14.1. The van der Waals surface area contributed by atoms with Crippen LogP contribution in [0.4, 0.5) is 0 Å². The lowest BCUT2D eigenvalue weighted by Gasteiger charge is -2.35. The van der Waals surface area contributed by atoms with Crippen LogP contribution in [0.3, 0.4) is 0 Å². The quantitative estimate of drug-likeness (QED) is 0.786. The highest BCUT2D eigenvalue weighted by Crippen LogP contribution is 2.20. The summed E-state index contributed by atoms with van der Waals surface area (Å²) in [6.45, 7) is 11.2. The minimum absolute atomic E-state index is 0.207. The number of rotatable bonds is 5. The molecular weight excluding hydrogens is 262 g/mol. The average molecular weight is 295 g/mol. The van der Waals surface area contributed by atoms with Gasteiger partial charge in [-0.2, -0.15) is 0 Å². The van der Waals surface area contributed by atoms with Crippen molar-refractivity contribution in [3.63, 3.8) is 0 Å². The monoisotopic (exact) mass is 295 g/mol. The Labute approximate surface area is 130 Å². The minimum atomic E-state index is 0.207. The Hall–Kier alpha value is -0.610. The third-order valence-electron chi connectivity index (χ3n) is 4.89. The third kappa shape index (κ3) is 5.59. The lowest BCUT2D eigenvalue weighted by molar-refractivity contribution is -0.126. The summed E-state index contributed by atoms with van der Waals surface area (Å²) >= 11 is 0. The van der Waals surface area contributed by atoms with Gasteiger partial charge < -0.3 is 15.1 Å². The molecule has 0 radical (unpaired) electrons. The van der Waals surface area contributed by atoms with E-state index < -0.39 is 0 Å². The topological polar surface area (TPSA) is 35.6 Å². The second kappa shape index (κ2) is 8.14. The van der Waals surface area contributed by atoms with Gasteiger partial charge in [0.1, 0.15) is 0 Å². The molecule has 3 unspecified atom stereocenters. The molecule has 21 heavy (non-hydrogen) atoms. The summed E-state index contributed by atoms with van der Waals surface area (Å²) in [7, 11) is 2.11. The van der Waals surface area contributed by atoms with Gasteiger partial charge in [-0.3, -0.25) is 4.79 Å². The number of nitrogens with zero attached hydrogens (tertiary/aromatic N) is 2. The summed E-state index contributed by atoms with van der Waals surface area (Å²) in [6.07, 6.45) is 4.64. The number of hydrogen-bond acceptors (Lipinski definition) is 3. The number of nitrogens with one attached hydrogen (secondary N) is 1. The van der Waals surface area contributed by atoms with Crippen LogP contribution in [0, 0.1) is 17.8 Å². The van der Waals surface area contributed by atoms with E-state index in [-0.39, 0.29) is 11.8 Å². The van der Waals surface area contributed by atoms with E-state index in [9.17, 15) is 4.79 Å². The van der Waals surface area contributed by atoms with Gasteiger partial charge in [-0.15, -0.1) is 0 Å². The fraction of sp³-hybridized carbons (Fsp3) is 0.941. The maximum absolute atomic E-state index is 12.1. The van der Waals surface area contributed by atoms with Gasteiger partial charge in [0.05, 0.1) is 5.92 Å². The Bertz CT molecular complexity index is 324. The minimum Gasteiger partial charge on any atom is -0.356 e. The second-order valence-electron chi connectivity index (χ2n) is 7.45. The van der Waals surface area contributed by atoms with Crippen molar-refractivity contribution < 1.29 is 4.79 Å². The molecule has 0 aromatic rings. The zero-order valence-electron chi connectivity index (χ0n) is 14.1. The van der Waals surface area contributed by atoms with E-state index in [1.807, 2.05) is 0 Å². The van der Waals surface area contributed by atoms with Crippen molar-refractivity contribution in [3.8, 4) is 0 Å². The Balaban J connectivity index is 1.59. The van der Waals surface area contributed by atoms with Gasteiger partial charge in [0.2, 0.25) is 5.91 Å². The fourth-order valence-corrected chi connectivity index (χ4v) is 4.01. The molecule has 0 saturated carbocycles. The first kappa shape index (κ1) is 16.8. The van der Waals surface area contributed by atoms with E-state index in [0.29, 0.717) is 0 Å². The predicted molar refractivity (Wildman–Crippen MR) is 87.2 cm³/mol. The van der Waals surface area contributed by atoms with Crippen LogP contribution in [0.15, 0.2) is 0 Å². The molecule has 2 saturated heterocycles. The van der Waals surface area contributed by atoms with Crippen LogP contribution >= 0.6 is 0 Å². The van der Waals surface area contributed by atoms with E-state index in [4.69, 9.17) is 0 Å². The molecule has 1 N–H and O–H groups in total. The first-order valence-electron chi connectivity index (χ1n) is 8.73. The normalized spacial score (nSPS) is 32.0. The van der Waals surface area contributed by atoms with E-state index >= 15 is 0 Å². The highest BCUT2D eigenvalue weighted by molar-refractivity contribution is 5.78. The van der Waals surface area contributed by atoms with Gasteiger partial charge in [0, 0.05) is 26.2 Å². The fourth-order valence-electron chi connectivity index (χ4n) is 4.01. The van der Waals surface area contributed by atoms with Gasteiger partial charge in [-0.05, 0) is 57.7 Å². The van der Waals surface area contributed by atoms with Crippen molar-refractivity contribution in [1.82, 2.24) is 15.1 Å². The van der Waals surface area contributed by atoms with Gasteiger partial charge in [0.25, 0.3) is 0 Å². The number of likely N-dealkylation sites (tertiary alicyclic amines) is 2.